The fourth-order valence-electron chi connectivity index (χ4n) is 5.47. The lowest BCUT2D eigenvalue weighted by atomic mass is 9.79. The predicted octanol–water partition coefficient (Wildman–Crippen LogP) is 4.70. The molecule has 1 fully saturated rings. The maximum atomic E-state index is 12.8. The van der Waals surface area contributed by atoms with Crippen molar-refractivity contribution in [2.75, 3.05) is 13.2 Å². The van der Waals surface area contributed by atoms with Crippen LogP contribution in [0.1, 0.15) is 62.5 Å². The zero-order chi connectivity index (χ0) is 24.8. The fourth-order valence-corrected chi connectivity index (χ4v) is 5.47. The summed E-state index contributed by atoms with van der Waals surface area (Å²) in [6, 6.07) is 15.5. The maximum absolute atomic E-state index is 12.8. The van der Waals surface area contributed by atoms with E-state index in [4.69, 9.17) is 4.74 Å². The maximum Gasteiger partial charge on any atom is 0.407 e. The van der Waals surface area contributed by atoms with Crippen LogP contribution >= 0.6 is 0 Å². The molecule has 7 nitrogen and oxygen atoms in total. The highest BCUT2D eigenvalue weighted by atomic mass is 16.5. The largest absolute Gasteiger partial charge is 0.481 e. The summed E-state index contributed by atoms with van der Waals surface area (Å²) in [6.07, 6.45) is 3.87. The highest BCUT2D eigenvalue weighted by molar-refractivity contribution is 5.85. The van der Waals surface area contributed by atoms with Gasteiger partial charge in [-0.3, -0.25) is 9.59 Å². The molecule has 2 amide bonds. The number of alkyl carbamates (subject to hydrolysis) is 1. The van der Waals surface area contributed by atoms with Gasteiger partial charge in [0.05, 0.1) is 5.92 Å². The molecule has 0 bridgehead atoms. The van der Waals surface area contributed by atoms with Crippen molar-refractivity contribution < 1.29 is 24.2 Å². The van der Waals surface area contributed by atoms with Crippen LogP contribution in [0.5, 0.6) is 0 Å². The first-order valence-electron chi connectivity index (χ1n) is 12.6. The molecule has 2 aliphatic rings. The van der Waals surface area contributed by atoms with Gasteiger partial charge in [-0.05, 0) is 47.4 Å². The molecule has 0 saturated heterocycles. The third kappa shape index (κ3) is 5.66. The number of benzene rings is 2. The number of carboxylic acid groups (broad SMARTS) is 1. The summed E-state index contributed by atoms with van der Waals surface area (Å²) >= 11 is 0. The van der Waals surface area contributed by atoms with Crippen LogP contribution in [0.2, 0.25) is 0 Å². The Labute approximate surface area is 206 Å². The summed E-state index contributed by atoms with van der Waals surface area (Å²) < 4.78 is 5.60. The number of rotatable bonds is 9. The van der Waals surface area contributed by atoms with E-state index < -0.39 is 24.0 Å². The van der Waals surface area contributed by atoms with Crippen LogP contribution in [0.4, 0.5) is 4.79 Å². The van der Waals surface area contributed by atoms with Gasteiger partial charge in [0, 0.05) is 12.5 Å². The molecule has 0 spiro atoms. The second-order valence-corrected chi connectivity index (χ2v) is 9.55. The van der Waals surface area contributed by atoms with Crippen molar-refractivity contribution in [3.63, 3.8) is 0 Å². The molecule has 0 heterocycles. The van der Waals surface area contributed by atoms with E-state index in [2.05, 4.69) is 34.9 Å². The molecule has 0 aromatic heterocycles. The molecule has 7 heteroatoms. The minimum absolute atomic E-state index is 0.0501. The number of ether oxygens (including phenoxy) is 1. The van der Waals surface area contributed by atoms with Crippen LogP contribution in [-0.4, -0.2) is 42.3 Å². The number of fused-ring (bicyclic) bond motifs is 3. The van der Waals surface area contributed by atoms with Crippen molar-refractivity contribution in [2.24, 2.45) is 11.8 Å². The summed E-state index contributed by atoms with van der Waals surface area (Å²) in [5.74, 6) is -1.66. The van der Waals surface area contributed by atoms with Gasteiger partial charge >= 0.3 is 12.1 Å². The highest BCUT2D eigenvalue weighted by Gasteiger charge is 2.32. The van der Waals surface area contributed by atoms with Gasteiger partial charge in [0.15, 0.2) is 0 Å². The molecule has 2 unspecified atom stereocenters. The number of hydrogen-bond acceptors (Lipinski definition) is 4. The number of carbonyl (C=O) groups excluding carboxylic acids is 2. The molecule has 3 N–H and O–H groups in total. The number of hydrogen-bond donors (Lipinski definition) is 3. The van der Waals surface area contributed by atoms with Crippen molar-refractivity contribution in [3.8, 4) is 11.1 Å². The minimum Gasteiger partial charge on any atom is -0.481 e. The Kier molecular flexibility index (Phi) is 8.06. The first kappa shape index (κ1) is 24.8. The average molecular weight is 479 g/mol. The van der Waals surface area contributed by atoms with Crippen LogP contribution in [0.3, 0.4) is 0 Å². The lowest BCUT2D eigenvalue weighted by molar-refractivity contribution is -0.145. The molecule has 3 atom stereocenters. The van der Waals surface area contributed by atoms with Gasteiger partial charge in [0.25, 0.3) is 0 Å². The summed E-state index contributed by atoms with van der Waals surface area (Å²) in [4.78, 5) is 37.1. The second kappa shape index (κ2) is 11.4. The lowest BCUT2D eigenvalue weighted by Crippen LogP contribution is -2.49. The van der Waals surface area contributed by atoms with Gasteiger partial charge in [-0.2, -0.15) is 0 Å². The zero-order valence-corrected chi connectivity index (χ0v) is 20.2. The molecule has 0 aliphatic heterocycles. The molecular weight excluding hydrogens is 444 g/mol. The van der Waals surface area contributed by atoms with E-state index in [1.807, 2.05) is 31.2 Å². The Morgan fingerprint density at radius 1 is 1.00 bits per heavy atom. The van der Waals surface area contributed by atoms with Crippen molar-refractivity contribution in [1.82, 2.24) is 10.6 Å². The molecule has 186 valence electrons. The monoisotopic (exact) mass is 478 g/mol. The predicted molar refractivity (Wildman–Crippen MR) is 133 cm³/mol. The molecular formula is C28H34N2O5. The minimum atomic E-state index is -0.800. The SMILES string of the molecule is CCC[C@@H](NC(=O)OCC1c2ccccc2-c2ccccc21)C(=O)NCC1CCCCC1C(=O)O. The molecule has 1 saturated carbocycles. The van der Waals surface area contributed by atoms with E-state index >= 15 is 0 Å². The van der Waals surface area contributed by atoms with E-state index in [9.17, 15) is 19.5 Å². The first-order chi connectivity index (χ1) is 17.0. The second-order valence-electron chi connectivity index (χ2n) is 9.55. The van der Waals surface area contributed by atoms with E-state index in [-0.39, 0.29) is 24.3 Å². The third-order valence-corrected chi connectivity index (χ3v) is 7.29. The number of carbonyl (C=O) groups is 3. The summed E-state index contributed by atoms with van der Waals surface area (Å²) in [7, 11) is 0. The highest BCUT2D eigenvalue weighted by Crippen LogP contribution is 2.44. The van der Waals surface area contributed by atoms with Crippen molar-refractivity contribution in [3.05, 3.63) is 59.7 Å². The molecule has 2 aromatic rings. The fraction of sp³-hybridized carbons (Fsp3) is 0.464. The van der Waals surface area contributed by atoms with Gasteiger partial charge in [0.2, 0.25) is 5.91 Å². The average Bonchev–Trinajstić information content (AvgIpc) is 3.19. The zero-order valence-electron chi connectivity index (χ0n) is 20.2. The summed E-state index contributed by atoms with van der Waals surface area (Å²) in [6.45, 7) is 2.44. The van der Waals surface area contributed by atoms with Crippen molar-refractivity contribution in [1.29, 1.82) is 0 Å². The van der Waals surface area contributed by atoms with Gasteiger partial charge < -0.3 is 20.5 Å². The van der Waals surface area contributed by atoms with Gasteiger partial charge in [0.1, 0.15) is 12.6 Å². The topological polar surface area (TPSA) is 105 Å². The van der Waals surface area contributed by atoms with Crippen LogP contribution in [0, 0.1) is 11.8 Å². The van der Waals surface area contributed by atoms with Gasteiger partial charge in [-0.1, -0.05) is 74.7 Å². The Hall–Kier alpha value is -3.35. The van der Waals surface area contributed by atoms with Crippen LogP contribution in [0.15, 0.2) is 48.5 Å². The van der Waals surface area contributed by atoms with E-state index in [0.29, 0.717) is 25.8 Å². The number of carboxylic acids is 1. The smallest absolute Gasteiger partial charge is 0.407 e. The number of amides is 2. The van der Waals surface area contributed by atoms with Crippen LogP contribution in [-0.2, 0) is 14.3 Å². The summed E-state index contributed by atoms with van der Waals surface area (Å²) in [5, 5.41) is 15.1. The Balaban J connectivity index is 1.33. The lowest BCUT2D eigenvalue weighted by Gasteiger charge is -2.29. The molecule has 2 aliphatic carbocycles. The first-order valence-corrected chi connectivity index (χ1v) is 12.6. The molecule has 2 aromatic carbocycles. The van der Waals surface area contributed by atoms with Crippen LogP contribution < -0.4 is 10.6 Å². The third-order valence-electron chi connectivity index (χ3n) is 7.29. The standard InChI is InChI=1S/C28H34N2O5/c1-2-9-25(26(31)29-16-18-10-3-4-11-19(18)27(32)33)30-28(34)35-17-24-22-14-7-5-12-20(22)21-13-6-8-15-23(21)24/h5-8,12-15,18-19,24-25H,2-4,9-11,16-17H2,1H3,(H,29,31)(H,30,34)(H,32,33)/t18?,19?,25-/m1/s1. The Morgan fingerprint density at radius 3 is 2.26 bits per heavy atom. The molecule has 0 radical (unpaired) electrons. The van der Waals surface area contributed by atoms with E-state index in [1.165, 1.54) is 0 Å². The Morgan fingerprint density at radius 2 is 1.63 bits per heavy atom. The van der Waals surface area contributed by atoms with Crippen molar-refractivity contribution >= 4 is 18.0 Å². The van der Waals surface area contributed by atoms with Gasteiger partial charge in [-0.25, -0.2) is 4.79 Å². The van der Waals surface area contributed by atoms with E-state index in [0.717, 1.165) is 41.5 Å². The van der Waals surface area contributed by atoms with Crippen molar-refractivity contribution in [2.45, 2.75) is 57.4 Å². The van der Waals surface area contributed by atoms with Crippen LogP contribution in [0.25, 0.3) is 11.1 Å². The number of aliphatic carboxylic acids is 1. The number of nitrogens with one attached hydrogen (secondary N) is 2. The van der Waals surface area contributed by atoms with E-state index in [1.54, 1.807) is 0 Å². The normalized spacial score (nSPS) is 19.8. The summed E-state index contributed by atoms with van der Waals surface area (Å²) in [5.41, 5.74) is 4.57. The van der Waals surface area contributed by atoms with Gasteiger partial charge in [-0.15, -0.1) is 0 Å². The molecule has 35 heavy (non-hydrogen) atoms. The molecule has 4 rings (SSSR count). The quantitative estimate of drug-likeness (QED) is 0.485. The Bertz CT molecular complexity index is 1020.